The Morgan fingerprint density at radius 2 is 1.90 bits per heavy atom. The molecular weight excluding hydrogens is 559 g/mol. The number of benzene rings is 2. The van der Waals surface area contributed by atoms with E-state index in [0.717, 1.165) is 29.1 Å². The molecule has 42 heavy (non-hydrogen) atoms. The number of amides is 1. The van der Waals surface area contributed by atoms with E-state index in [4.69, 9.17) is 19.3 Å². The molecule has 2 aliphatic rings. The molecule has 6 rings (SSSR count). The Balaban J connectivity index is 1.36. The maximum absolute atomic E-state index is 14.1. The van der Waals surface area contributed by atoms with Crippen molar-refractivity contribution in [3.63, 3.8) is 0 Å². The lowest BCUT2D eigenvalue weighted by Crippen LogP contribution is -2.27. The van der Waals surface area contributed by atoms with Crippen molar-refractivity contribution < 1.29 is 42.1 Å². The molecule has 216 valence electrons. The van der Waals surface area contributed by atoms with Gasteiger partial charge in [-0.15, -0.1) is 0 Å². The van der Waals surface area contributed by atoms with Crippen LogP contribution in [0.2, 0.25) is 0 Å². The summed E-state index contributed by atoms with van der Waals surface area (Å²) >= 11 is 0. The first-order chi connectivity index (χ1) is 20.1. The second-order valence-corrected chi connectivity index (χ2v) is 9.61. The van der Waals surface area contributed by atoms with Gasteiger partial charge in [-0.1, -0.05) is 12.1 Å². The van der Waals surface area contributed by atoms with E-state index < -0.39 is 29.9 Å². The van der Waals surface area contributed by atoms with Crippen LogP contribution >= 0.6 is 0 Å². The summed E-state index contributed by atoms with van der Waals surface area (Å²) in [5, 5.41) is 13.0. The van der Waals surface area contributed by atoms with Crippen LogP contribution in [0.5, 0.6) is 11.8 Å². The van der Waals surface area contributed by atoms with Gasteiger partial charge in [0.1, 0.15) is 5.75 Å². The topological polar surface area (TPSA) is 129 Å². The Morgan fingerprint density at radius 1 is 1.12 bits per heavy atom. The van der Waals surface area contributed by atoms with E-state index in [2.05, 4.69) is 15.1 Å². The number of anilines is 1. The van der Waals surface area contributed by atoms with Crippen LogP contribution in [0.25, 0.3) is 5.69 Å². The molecule has 0 saturated heterocycles. The van der Waals surface area contributed by atoms with Crippen LogP contribution in [0.15, 0.2) is 54.9 Å². The van der Waals surface area contributed by atoms with Gasteiger partial charge in [-0.2, -0.15) is 18.3 Å². The van der Waals surface area contributed by atoms with Crippen LogP contribution in [0.1, 0.15) is 49.3 Å². The number of halogens is 3. The Morgan fingerprint density at radius 3 is 2.64 bits per heavy atom. The number of alkyl halides is 3. The molecule has 1 amide bonds. The van der Waals surface area contributed by atoms with E-state index in [1.165, 1.54) is 17.0 Å². The molecular formula is C28H22F3N5O6. The standard InChI is InChI=1S/C28H22F3N5O6/c1-35(18-6-5-15-7-8-41-21(15)10-18)25(37)16-3-2-4-19(9-16)36-23-20(24(34-36)28(29,30)31)13-40-14-22(23)42-27-32-11-17(12-33-27)26(38)39/h2-6,9-12,22H,7-8,13-14H2,1H3,(H,38,39)/t22-/m1/s1. The smallest absolute Gasteiger partial charge is 0.435 e. The van der Waals surface area contributed by atoms with Gasteiger partial charge in [-0.05, 0) is 29.8 Å². The minimum Gasteiger partial charge on any atom is -0.493 e. The van der Waals surface area contributed by atoms with Crippen molar-refractivity contribution in [2.75, 3.05) is 25.2 Å². The van der Waals surface area contributed by atoms with Crippen molar-refractivity contribution >= 4 is 17.6 Å². The van der Waals surface area contributed by atoms with Gasteiger partial charge in [0.05, 0.1) is 36.8 Å². The van der Waals surface area contributed by atoms with Crippen LogP contribution in [-0.2, 0) is 23.9 Å². The first-order valence-electron chi connectivity index (χ1n) is 12.7. The maximum atomic E-state index is 14.1. The fourth-order valence-corrected chi connectivity index (χ4v) is 4.86. The zero-order valence-corrected chi connectivity index (χ0v) is 22.0. The van der Waals surface area contributed by atoms with Gasteiger partial charge in [0.25, 0.3) is 5.91 Å². The van der Waals surface area contributed by atoms with E-state index in [1.807, 2.05) is 12.1 Å². The first-order valence-corrected chi connectivity index (χ1v) is 12.7. The quantitative estimate of drug-likeness (QED) is 0.356. The minimum absolute atomic E-state index is 0.0493. The first kappa shape index (κ1) is 27.2. The summed E-state index contributed by atoms with van der Waals surface area (Å²) < 4.78 is 60.0. The molecule has 1 atom stereocenters. The predicted octanol–water partition coefficient (Wildman–Crippen LogP) is 4.24. The van der Waals surface area contributed by atoms with Crippen molar-refractivity contribution in [3.05, 3.63) is 88.5 Å². The number of fused-ring (bicyclic) bond motifs is 2. The van der Waals surface area contributed by atoms with E-state index in [0.29, 0.717) is 18.0 Å². The molecule has 4 heterocycles. The summed E-state index contributed by atoms with van der Waals surface area (Å²) in [6.45, 7) is 0.0501. The normalized spacial score (nSPS) is 15.9. The van der Waals surface area contributed by atoms with Gasteiger partial charge in [0.2, 0.25) is 0 Å². The molecule has 14 heteroatoms. The molecule has 0 saturated carbocycles. The molecule has 0 spiro atoms. The van der Waals surface area contributed by atoms with E-state index >= 15 is 0 Å². The monoisotopic (exact) mass is 581 g/mol. The highest BCUT2D eigenvalue weighted by Gasteiger charge is 2.43. The Hall–Kier alpha value is -4.98. The van der Waals surface area contributed by atoms with Crippen molar-refractivity contribution in [2.24, 2.45) is 0 Å². The summed E-state index contributed by atoms with van der Waals surface area (Å²) in [6, 6.07) is 11.3. The molecule has 0 unspecified atom stereocenters. The van der Waals surface area contributed by atoms with Gasteiger partial charge in [-0.25, -0.2) is 19.4 Å². The molecule has 0 radical (unpaired) electrons. The summed E-state index contributed by atoms with van der Waals surface area (Å²) in [6.07, 6.45) is -3.09. The Bertz CT molecular complexity index is 1690. The minimum atomic E-state index is -4.80. The van der Waals surface area contributed by atoms with Gasteiger partial charge in [-0.3, -0.25) is 4.79 Å². The SMILES string of the molecule is CN(C(=O)c1cccc(-n2nc(C(F)(F)F)c3c2[C@H](Oc2ncc(C(=O)O)cn2)COC3)c1)c1ccc2c(c1)OCC2. The van der Waals surface area contributed by atoms with Crippen LogP contribution in [0, 0.1) is 0 Å². The molecule has 0 fully saturated rings. The van der Waals surface area contributed by atoms with Crippen molar-refractivity contribution in [3.8, 4) is 17.4 Å². The van der Waals surface area contributed by atoms with Crippen molar-refractivity contribution in [1.29, 1.82) is 0 Å². The van der Waals surface area contributed by atoms with Gasteiger partial charge < -0.3 is 24.2 Å². The van der Waals surface area contributed by atoms with Crippen molar-refractivity contribution in [1.82, 2.24) is 19.7 Å². The average Bonchev–Trinajstić information content (AvgIpc) is 3.62. The predicted molar refractivity (Wildman–Crippen MR) is 139 cm³/mol. The Labute approximate surface area is 236 Å². The number of carboxylic acids is 1. The fraction of sp³-hybridized carbons (Fsp3) is 0.250. The number of carbonyl (C=O) groups is 2. The second-order valence-electron chi connectivity index (χ2n) is 9.61. The molecule has 4 aromatic rings. The number of rotatable bonds is 6. The third-order valence-electron chi connectivity index (χ3n) is 6.94. The van der Waals surface area contributed by atoms with Crippen LogP contribution < -0.4 is 14.4 Å². The second kappa shape index (κ2) is 10.4. The fourth-order valence-electron chi connectivity index (χ4n) is 4.86. The number of aromatic nitrogens is 4. The average molecular weight is 582 g/mol. The number of aromatic carboxylic acids is 1. The van der Waals surface area contributed by atoms with Crippen LogP contribution in [-0.4, -0.2) is 57.0 Å². The van der Waals surface area contributed by atoms with E-state index in [-0.39, 0.29) is 47.3 Å². The molecule has 0 bridgehead atoms. The summed E-state index contributed by atoms with van der Waals surface area (Å²) in [5.74, 6) is -0.934. The number of carbonyl (C=O) groups excluding carboxylic acids is 1. The maximum Gasteiger partial charge on any atom is 0.435 e. The van der Waals surface area contributed by atoms with E-state index in [9.17, 15) is 22.8 Å². The zero-order valence-electron chi connectivity index (χ0n) is 22.0. The molecule has 2 aliphatic heterocycles. The molecule has 11 nitrogen and oxygen atoms in total. The Kier molecular flexibility index (Phi) is 6.77. The number of ether oxygens (including phenoxy) is 3. The lowest BCUT2D eigenvalue weighted by atomic mass is 10.1. The number of nitrogens with zero attached hydrogens (tertiary/aromatic N) is 5. The number of hydrogen-bond acceptors (Lipinski definition) is 8. The molecule has 2 aromatic carbocycles. The molecule has 2 aromatic heterocycles. The third kappa shape index (κ3) is 5.00. The highest BCUT2D eigenvalue weighted by Crippen LogP contribution is 2.39. The summed E-state index contributed by atoms with van der Waals surface area (Å²) in [5.41, 5.74) is 0.533. The van der Waals surface area contributed by atoms with Gasteiger partial charge in [0.15, 0.2) is 11.8 Å². The van der Waals surface area contributed by atoms with Gasteiger partial charge in [0, 0.05) is 48.7 Å². The lowest BCUT2D eigenvalue weighted by molar-refractivity contribution is -0.143. The third-order valence-corrected chi connectivity index (χ3v) is 6.94. The highest BCUT2D eigenvalue weighted by atomic mass is 19.4. The van der Waals surface area contributed by atoms with Crippen LogP contribution in [0.3, 0.4) is 0 Å². The summed E-state index contributed by atoms with van der Waals surface area (Å²) in [4.78, 5) is 33.7. The molecule has 1 N–H and O–H groups in total. The van der Waals surface area contributed by atoms with Crippen molar-refractivity contribution in [2.45, 2.75) is 25.3 Å². The largest absolute Gasteiger partial charge is 0.493 e. The van der Waals surface area contributed by atoms with E-state index in [1.54, 1.807) is 25.2 Å². The lowest BCUT2D eigenvalue weighted by Gasteiger charge is -2.25. The number of hydrogen-bond donors (Lipinski definition) is 1. The molecule has 0 aliphatic carbocycles. The zero-order chi connectivity index (χ0) is 29.6. The highest BCUT2D eigenvalue weighted by molar-refractivity contribution is 6.06. The number of carboxylic acid groups (broad SMARTS) is 1. The van der Waals surface area contributed by atoms with Gasteiger partial charge >= 0.3 is 18.2 Å². The summed E-state index contributed by atoms with van der Waals surface area (Å²) in [7, 11) is 1.60. The van der Waals surface area contributed by atoms with Crippen LogP contribution in [0.4, 0.5) is 18.9 Å².